The first kappa shape index (κ1) is 14.2. The van der Waals surface area contributed by atoms with E-state index in [2.05, 4.69) is 37.8 Å². The molecule has 1 rings (SSSR count). The standard InChI is InChI=1S/C11H14OS.C2H6/c1-9(2)11-7-6-10(13-11)5-4-8-12-3;1-2/h6-7,9H,8H2,1-3H3;1-2H3. The van der Waals surface area contributed by atoms with Crippen LogP contribution in [0.25, 0.3) is 0 Å². The predicted molar refractivity (Wildman–Crippen MR) is 68.5 cm³/mol. The minimum absolute atomic E-state index is 0.509. The summed E-state index contributed by atoms with van der Waals surface area (Å²) in [6.07, 6.45) is 0. The van der Waals surface area contributed by atoms with Crippen LogP contribution in [-0.4, -0.2) is 13.7 Å². The van der Waals surface area contributed by atoms with Gasteiger partial charge in [-0.15, -0.1) is 11.3 Å². The molecule has 0 aliphatic heterocycles. The average Bonchev–Trinajstić information content (AvgIpc) is 2.70. The van der Waals surface area contributed by atoms with Crippen LogP contribution in [0.4, 0.5) is 0 Å². The molecular weight excluding hydrogens is 204 g/mol. The van der Waals surface area contributed by atoms with Crippen molar-refractivity contribution in [2.75, 3.05) is 13.7 Å². The van der Waals surface area contributed by atoms with E-state index < -0.39 is 0 Å². The summed E-state index contributed by atoms with van der Waals surface area (Å²) in [6, 6.07) is 4.22. The number of methoxy groups -OCH3 is 1. The Bertz CT molecular complexity index is 315. The smallest absolute Gasteiger partial charge is 0.107 e. The van der Waals surface area contributed by atoms with Gasteiger partial charge in [-0.25, -0.2) is 0 Å². The molecule has 0 atom stereocenters. The maximum Gasteiger partial charge on any atom is 0.107 e. The third-order valence-electron chi connectivity index (χ3n) is 1.62. The summed E-state index contributed by atoms with van der Waals surface area (Å²) in [5.74, 6) is 6.61. The number of rotatable bonds is 2. The van der Waals surface area contributed by atoms with E-state index in [0.717, 1.165) is 4.88 Å². The van der Waals surface area contributed by atoms with Crippen LogP contribution in [0.2, 0.25) is 0 Å². The van der Waals surface area contributed by atoms with Crippen molar-refractivity contribution in [2.45, 2.75) is 33.6 Å². The molecule has 0 fully saturated rings. The Balaban J connectivity index is 0.000000921. The summed E-state index contributed by atoms with van der Waals surface area (Å²) in [6.45, 7) is 8.89. The predicted octanol–water partition coefficient (Wildman–Crippen LogP) is 3.90. The Morgan fingerprint density at radius 1 is 1.33 bits per heavy atom. The number of thiophene rings is 1. The highest BCUT2D eigenvalue weighted by Crippen LogP contribution is 2.23. The van der Waals surface area contributed by atoms with E-state index in [-0.39, 0.29) is 0 Å². The van der Waals surface area contributed by atoms with Gasteiger partial charge in [0.25, 0.3) is 0 Å². The molecule has 1 nitrogen and oxygen atoms in total. The zero-order chi connectivity index (χ0) is 11.7. The molecule has 0 N–H and O–H groups in total. The van der Waals surface area contributed by atoms with E-state index in [1.54, 1.807) is 18.4 Å². The van der Waals surface area contributed by atoms with Gasteiger partial charge in [0.2, 0.25) is 0 Å². The molecule has 1 heterocycles. The second kappa shape index (κ2) is 8.52. The monoisotopic (exact) mass is 224 g/mol. The van der Waals surface area contributed by atoms with Crippen LogP contribution >= 0.6 is 11.3 Å². The van der Waals surface area contributed by atoms with Gasteiger partial charge in [0.1, 0.15) is 6.61 Å². The molecule has 15 heavy (non-hydrogen) atoms. The van der Waals surface area contributed by atoms with Crippen molar-refractivity contribution in [3.63, 3.8) is 0 Å². The quantitative estimate of drug-likeness (QED) is 0.692. The lowest BCUT2D eigenvalue weighted by molar-refractivity contribution is 0.240. The zero-order valence-corrected chi connectivity index (χ0v) is 11.1. The van der Waals surface area contributed by atoms with Gasteiger partial charge in [-0.2, -0.15) is 0 Å². The van der Waals surface area contributed by atoms with E-state index in [9.17, 15) is 0 Å². The summed E-state index contributed by atoms with van der Waals surface area (Å²) in [4.78, 5) is 2.52. The van der Waals surface area contributed by atoms with Gasteiger partial charge in [-0.05, 0) is 18.1 Å². The Morgan fingerprint density at radius 2 is 2.00 bits per heavy atom. The highest BCUT2D eigenvalue weighted by molar-refractivity contribution is 7.12. The lowest BCUT2D eigenvalue weighted by Crippen LogP contribution is -1.80. The minimum Gasteiger partial charge on any atom is -0.372 e. The molecule has 0 unspecified atom stereocenters. The fraction of sp³-hybridized carbons (Fsp3) is 0.538. The second-order valence-electron chi connectivity index (χ2n) is 3.09. The van der Waals surface area contributed by atoms with Crippen LogP contribution in [0.1, 0.15) is 43.4 Å². The van der Waals surface area contributed by atoms with Crippen molar-refractivity contribution < 1.29 is 4.74 Å². The molecule has 0 radical (unpaired) electrons. The first-order valence-electron chi connectivity index (χ1n) is 5.31. The number of hydrogen-bond donors (Lipinski definition) is 0. The topological polar surface area (TPSA) is 9.23 Å². The fourth-order valence-electron chi connectivity index (χ4n) is 0.926. The highest BCUT2D eigenvalue weighted by Gasteiger charge is 2.01. The van der Waals surface area contributed by atoms with Gasteiger partial charge in [0, 0.05) is 12.0 Å². The van der Waals surface area contributed by atoms with Gasteiger partial charge in [-0.3, -0.25) is 0 Å². The summed E-state index contributed by atoms with van der Waals surface area (Å²) >= 11 is 1.76. The Kier molecular flexibility index (Phi) is 8.08. The molecule has 0 saturated carbocycles. The van der Waals surface area contributed by atoms with E-state index in [4.69, 9.17) is 4.74 Å². The molecule has 84 valence electrons. The van der Waals surface area contributed by atoms with Crippen molar-refractivity contribution in [1.29, 1.82) is 0 Å². The van der Waals surface area contributed by atoms with Gasteiger partial charge >= 0.3 is 0 Å². The summed E-state index contributed by atoms with van der Waals surface area (Å²) < 4.78 is 4.85. The largest absolute Gasteiger partial charge is 0.372 e. The molecule has 1 aromatic heterocycles. The van der Waals surface area contributed by atoms with E-state index in [1.165, 1.54) is 4.88 Å². The normalized spacial score (nSPS) is 8.93. The van der Waals surface area contributed by atoms with Crippen molar-refractivity contribution in [2.24, 2.45) is 0 Å². The number of ether oxygens (including phenoxy) is 1. The molecule has 0 aromatic carbocycles. The van der Waals surface area contributed by atoms with Gasteiger partial charge in [0.15, 0.2) is 0 Å². The van der Waals surface area contributed by atoms with Crippen LogP contribution in [0.3, 0.4) is 0 Å². The molecule has 2 heteroatoms. The van der Waals surface area contributed by atoms with Gasteiger partial charge in [0.05, 0.1) is 4.88 Å². The van der Waals surface area contributed by atoms with Crippen LogP contribution in [0, 0.1) is 11.8 Å². The fourth-order valence-corrected chi connectivity index (χ4v) is 1.81. The first-order chi connectivity index (χ1) is 7.24. The molecule has 1 aromatic rings. The molecule has 0 amide bonds. The van der Waals surface area contributed by atoms with Crippen LogP contribution in [0.15, 0.2) is 12.1 Å². The lowest BCUT2D eigenvalue weighted by atomic mass is 10.2. The van der Waals surface area contributed by atoms with Gasteiger partial charge < -0.3 is 4.74 Å². The van der Waals surface area contributed by atoms with Gasteiger partial charge in [-0.1, -0.05) is 39.5 Å². The van der Waals surface area contributed by atoms with Crippen LogP contribution in [-0.2, 0) is 4.74 Å². The van der Waals surface area contributed by atoms with Crippen molar-refractivity contribution in [1.82, 2.24) is 0 Å². The molecule has 0 aliphatic carbocycles. The number of hydrogen-bond acceptors (Lipinski definition) is 2. The SMILES string of the molecule is CC.COCC#Cc1ccc(C(C)C)s1. The highest BCUT2D eigenvalue weighted by atomic mass is 32.1. The van der Waals surface area contributed by atoms with E-state index >= 15 is 0 Å². The van der Waals surface area contributed by atoms with Crippen LogP contribution in [0.5, 0.6) is 0 Å². The van der Waals surface area contributed by atoms with E-state index in [0.29, 0.717) is 12.5 Å². The average molecular weight is 224 g/mol. The van der Waals surface area contributed by atoms with E-state index in [1.807, 2.05) is 13.8 Å². The lowest BCUT2D eigenvalue weighted by Gasteiger charge is -1.96. The summed E-state index contributed by atoms with van der Waals surface area (Å²) in [5, 5.41) is 0. The Morgan fingerprint density at radius 3 is 2.47 bits per heavy atom. The minimum atomic E-state index is 0.509. The third kappa shape index (κ3) is 5.61. The second-order valence-corrected chi connectivity index (χ2v) is 4.21. The molecular formula is C13H20OS. The van der Waals surface area contributed by atoms with Crippen molar-refractivity contribution in [3.8, 4) is 11.8 Å². The molecule has 0 spiro atoms. The molecule has 0 aliphatic rings. The Labute approximate surface area is 97.5 Å². The Hall–Kier alpha value is -0.780. The summed E-state index contributed by atoms with van der Waals surface area (Å²) in [5.41, 5.74) is 0. The molecule has 0 saturated heterocycles. The maximum absolute atomic E-state index is 4.85. The van der Waals surface area contributed by atoms with Crippen molar-refractivity contribution >= 4 is 11.3 Å². The van der Waals surface area contributed by atoms with Crippen LogP contribution < -0.4 is 0 Å². The first-order valence-corrected chi connectivity index (χ1v) is 6.13. The maximum atomic E-state index is 4.85. The zero-order valence-electron chi connectivity index (χ0n) is 10.3. The third-order valence-corrected chi connectivity index (χ3v) is 2.93. The summed E-state index contributed by atoms with van der Waals surface area (Å²) in [7, 11) is 1.66. The molecule has 0 bridgehead atoms. The van der Waals surface area contributed by atoms with Crippen molar-refractivity contribution in [3.05, 3.63) is 21.9 Å².